The molecule has 4 nitrogen and oxygen atoms in total. The third-order valence-corrected chi connectivity index (χ3v) is 3.34. The van der Waals surface area contributed by atoms with Gasteiger partial charge in [0.05, 0.1) is 5.69 Å². The predicted molar refractivity (Wildman–Crippen MR) is 67.8 cm³/mol. The van der Waals surface area contributed by atoms with Gasteiger partial charge in [-0.1, -0.05) is 0 Å². The van der Waals surface area contributed by atoms with Gasteiger partial charge in [0.25, 0.3) is 0 Å². The van der Waals surface area contributed by atoms with Gasteiger partial charge in [0.2, 0.25) is 0 Å². The lowest BCUT2D eigenvalue weighted by molar-refractivity contribution is 0.393. The standard InChI is InChI=1S/C13H18N4/c1-15-10-11-4-7-17(8-5-11)13-3-2-6-16-12(13)9-14/h2-3,6,11,15H,4-5,7-8,10H2,1H3. The van der Waals surface area contributed by atoms with Gasteiger partial charge in [0.15, 0.2) is 5.69 Å². The fraction of sp³-hybridized carbons (Fsp3) is 0.538. The fourth-order valence-corrected chi connectivity index (χ4v) is 2.40. The molecule has 0 aliphatic carbocycles. The van der Waals surface area contributed by atoms with Crippen molar-refractivity contribution in [2.75, 3.05) is 31.6 Å². The monoisotopic (exact) mass is 230 g/mol. The number of nitriles is 1. The highest BCUT2D eigenvalue weighted by molar-refractivity contribution is 5.55. The number of aromatic nitrogens is 1. The Hall–Kier alpha value is -1.60. The average molecular weight is 230 g/mol. The minimum absolute atomic E-state index is 0.541. The van der Waals surface area contributed by atoms with Gasteiger partial charge in [0.1, 0.15) is 6.07 Å². The van der Waals surface area contributed by atoms with E-state index in [0.717, 1.165) is 31.2 Å². The Morgan fingerprint density at radius 3 is 2.94 bits per heavy atom. The van der Waals surface area contributed by atoms with E-state index >= 15 is 0 Å². The van der Waals surface area contributed by atoms with Crippen LogP contribution >= 0.6 is 0 Å². The van der Waals surface area contributed by atoms with Crippen LogP contribution in [0.5, 0.6) is 0 Å². The van der Waals surface area contributed by atoms with Crippen LogP contribution in [-0.2, 0) is 0 Å². The second kappa shape index (κ2) is 5.65. The molecule has 1 aromatic rings. The summed E-state index contributed by atoms with van der Waals surface area (Å²) in [4.78, 5) is 6.39. The molecule has 0 saturated carbocycles. The first kappa shape index (κ1) is 11.9. The summed E-state index contributed by atoms with van der Waals surface area (Å²) in [6.45, 7) is 3.13. The lowest BCUT2D eigenvalue weighted by Gasteiger charge is -2.33. The van der Waals surface area contributed by atoms with Crippen molar-refractivity contribution in [2.24, 2.45) is 5.92 Å². The van der Waals surface area contributed by atoms with Crippen LogP contribution in [0.25, 0.3) is 0 Å². The molecule has 0 bridgehead atoms. The van der Waals surface area contributed by atoms with Gasteiger partial charge in [-0.3, -0.25) is 0 Å². The summed E-state index contributed by atoms with van der Waals surface area (Å²) >= 11 is 0. The molecule has 0 unspecified atom stereocenters. The first-order chi connectivity index (χ1) is 8.35. The molecular formula is C13H18N4. The van der Waals surface area contributed by atoms with Crippen LogP contribution in [-0.4, -0.2) is 31.7 Å². The summed E-state index contributed by atoms with van der Waals surface area (Å²) in [7, 11) is 2.00. The Morgan fingerprint density at radius 2 is 2.29 bits per heavy atom. The second-order valence-electron chi connectivity index (χ2n) is 4.47. The Bertz CT molecular complexity index is 402. The number of pyridine rings is 1. The molecule has 0 amide bonds. The Morgan fingerprint density at radius 1 is 1.53 bits per heavy atom. The Balaban J connectivity index is 2.03. The number of nitrogens with one attached hydrogen (secondary N) is 1. The van der Waals surface area contributed by atoms with E-state index in [9.17, 15) is 0 Å². The van der Waals surface area contributed by atoms with E-state index in [0.29, 0.717) is 5.69 Å². The van der Waals surface area contributed by atoms with E-state index < -0.39 is 0 Å². The number of anilines is 1. The SMILES string of the molecule is CNCC1CCN(c2cccnc2C#N)CC1. The minimum atomic E-state index is 0.541. The molecule has 0 atom stereocenters. The van der Waals surface area contributed by atoms with Crippen molar-refractivity contribution in [3.05, 3.63) is 24.0 Å². The molecular weight excluding hydrogens is 212 g/mol. The summed E-state index contributed by atoms with van der Waals surface area (Å²) in [5.41, 5.74) is 1.53. The molecule has 17 heavy (non-hydrogen) atoms. The van der Waals surface area contributed by atoms with Crippen LogP contribution in [0.4, 0.5) is 5.69 Å². The molecule has 0 spiro atoms. The summed E-state index contributed by atoms with van der Waals surface area (Å²) in [5, 5.41) is 12.3. The molecule has 0 radical (unpaired) electrons. The van der Waals surface area contributed by atoms with Crippen molar-refractivity contribution in [3.8, 4) is 6.07 Å². The third-order valence-electron chi connectivity index (χ3n) is 3.34. The number of rotatable bonds is 3. The zero-order chi connectivity index (χ0) is 12.1. The minimum Gasteiger partial charge on any atom is -0.369 e. The average Bonchev–Trinajstić information content (AvgIpc) is 2.40. The molecule has 90 valence electrons. The first-order valence-corrected chi connectivity index (χ1v) is 6.10. The summed E-state index contributed by atoms with van der Waals surface area (Å²) in [6.07, 6.45) is 4.04. The molecule has 1 aliphatic rings. The zero-order valence-electron chi connectivity index (χ0n) is 10.2. The summed E-state index contributed by atoms with van der Waals surface area (Å²) in [6, 6.07) is 6.05. The number of piperidine rings is 1. The van der Waals surface area contributed by atoms with Gasteiger partial charge in [-0.2, -0.15) is 5.26 Å². The van der Waals surface area contributed by atoms with Crippen LogP contribution < -0.4 is 10.2 Å². The molecule has 0 aromatic carbocycles. The lowest BCUT2D eigenvalue weighted by Crippen LogP contribution is -2.37. The molecule has 1 aliphatic heterocycles. The maximum Gasteiger partial charge on any atom is 0.163 e. The topological polar surface area (TPSA) is 52.0 Å². The Labute approximate surface area is 102 Å². The van der Waals surface area contributed by atoms with Gasteiger partial charge in [-0.15, -0.1) is 0 Å². The molecule has 4 heteroatoms. The van der Waals surface area contributed by atoms with Gasteiger partial charge in [-0.25, -0.2) is 4.98 Å². The van der Waals surface area contributed by atoms with Crippen molar-refractivity contribution in [2.45, 2.75) is 12.8 Å². The van der Waals surface area contributed by atoms with Gasteiger partial charge in [0, 0.05) is 19.3 Å². The second-order valence-corrected chi connectivity index (χ2v) is 4.47. The maximum atomic E-state index is 9.04. The van der Waals surface area contributed by atoms with Gasteiger partial charge < -0.3 is 10.2 Å². The largest absolute Gasteiger partial charge is 0.369 e. The first-order valence-electron chi connectivity index (χ1n) is 6.10. The summed E-state index contributed by atoms with van der Waals surface area (Å²) in [5.74, 6) is 0.762. The molecule has 1 saturated heterocycles. The molecule has 2 rings (SSSR count). The van der Waals surface area contributed by atoms with Gasteiger partial charge in [-0.05, 0) is 44.5 Å². The highest BCUT2D eigenvalue weighted by Crippen LogP contribution is 2.24. The van der Waals surface area contributed by atoms with Crippen molar-refractivity contribution in [1.29, 1.82) is 5.26 Å². The lowest BCUT2D eigenvalue weighted by atomic mass is 9.96. The van der Waals surface area contributed by atoms with Crippen molar-refractivity contribution >= 4 is 5.69 Å². The number of hydrogen-bond donors (Lipinski definition) is 1. The van der Waals surface area contributed by atoms with E-state index in [2.05, 4.69) is 21.3 Å². The predicted octanol–water partition coefficient (Wildman–Crippen LogP) is 1.39. The fourth-order valence-electron chi connectivity index (χ4n) is 2.40. The zero-order valence-corrected chi connectivity index (χ0v) is 10.2. The normalized spacial score (nSPS) is 16.8. The van der Waals surface area contributed by atoms with Crippen LogP contribution in [0, 0.1) is 17.2 Å². The molecule has 1 aromatic heterocycles. The quantitative estimate of drug-likeness (QED) is 0.852. The smallest absolute Gasteiger partial charge is 0.163 e. The maximum absolute atomic E-state index is 9.04. The van der Waals surface area contributed by atoms with E-state index in [-0.39, 0.29) is 0 Å². The van der Waals surface area contributed by atoms with Crippen molar-refractivity contribution in [1.82, 2.24) is 10.3 Å². The van der Waals surface area contributed by atoms with Crippen molar-refractivity contribution < 1.29 is 0 Å². The highest BCUT2D eigenvalue weighted by Gasteiger charge is 2.20. The summed E-state index contributed by atoms with van der Waals surface area (Å²) < 4.78 is 0. The van der Waals surface area contributed by atoms with E-state index in [1.165, 1.54) is 12.8 Å². The van der Waals surface area contributed by atoms with E-state index in [1.807, 2.05) is 19.2 Å². The van der Waals surface area contributed by atoms with Gasteiger partial charge >= 0.3 is 0 Å². The van der Waals surface area contributed by atoms with Crippen LogP contribution in [0.1, 0.15) is 18.5 Å². The van der Waals surface area contributed by atoms with Crippen LogP contribution in [0.2, 0.25) is 0 Å². The number of hydrogen-bond acceptors (Lipinski definition) is 4. The van der Waals surface area contributed by atoms with Crippen molar-refractivity contribution in [3.63, 3.8) is 0 Å². The molecule has 2 heterocycles. The highest BCUT2D eigenvalue weighted by atomic mass is 15.1. The molecule has 1 fully saturated rings. The third kappa shape index (κ3) is 2.75. The van der Waals surface area contributed by atoms with Crippen LogP contribution in [0.15, 0.2) is 18.3 Å². The van der Waals surface area contributed by atoms with E-state index in [1.54, 1.807) is 6.20 Å². The van der Waals surface area contributed by atoms with Crippen LogP contribution in [0.3, 0.4) is 0 Å². The number of nitrogens with zero attached hydrogens (tertiary/aromatic N) is 3. The molecule has 1 N–H and O–H groups in total. The Kier molecular flexibility index (Phi) is 3.94. The van der Waals surface area contributed by atoms with E-state index in [4.69, 9.17) is 5.26 Å².